The summed E-state index contributed by atoms with van der Waals surface area (Å²) in [6.07, 6.45) is 3.48. The van der Waals surface area contributed by atoms with E-state index in [1.807, 2.05) is 41.4 Å². The minimum Gasteiger partial charge on any atom is -0.368 e. The molecule has 0 radical (unpaired) electrons. The molecule has 2 aromatic carbocycles. The van der Waals surface area contributed by atoms with Crippen LogP contribution in [0.4, 0.5) is 25.0 Å². The Morgan fingerprint density at radius 3 is 2.48 bits per heavy atom. The molecule has 8 heteroatoms. The van der Waals surface area contributed by atoms with Gasteiger partial charge in [0.2, 0.25) is 0 Å². The standard InChI is InChI=1S/C21H19F2N5O/c22-13-6-7-17(16(23)10-13)26-11-14-15(12-26)20(14)28(21(24)29)19-5-2-1-4-18(19)27-9-3-8-25-27/h1-10,14-15,20H,11-12H2,(H2,24,29). The Bertz CT molecular complexity index is 1060. The number of hydrogen-bond donors (Lipinski definition) is 1. The Morgan fingerprint density at radius 2 is 1.83 bits per heavy atom. The topological polar surface area (TPSA) is 67.4 Å². The third-order valence-corrected chi connectivity index (χ3v) is 5.83. The molecule has 2 aliphatic rings. The van der Waals surface area contributed by atoms with Crippen molar-refractivity contribution >= 4 is 17.4 Å². The van der Waals surface area contributed by atoms with Gasteiger partial charge in [-0.15, -0.1) is 0 Å². The fourth-order valence-electron chi connectivity index (χ4n) is 4.51. The van der Waals surface area contributed by atoms with Crippen molar-refractivity contribution in [2.75, 3.05) is 22.9 Å². The van der Waals surface area contributed by atoms with E-state index >= 15 is 0 Å². The van der Waals surface area contributed by atoms with Gasteiger partial charge in [0.25, 0.3) is 0 Å². The second-order valence-corrected chi connectivity index (χ2v) is 7.47. The number of fused-ring (bicyclic) bond motifs is 1. The van der Waals surface area contributed by atoms with E-state index in [1.54, 1.807) is 15.8 Å². The average molecular weight is 395 g/mol. The number of para-hydroxylation sites is 2. The van der Waals surface area contributed by atoms with Gasteiger partial charge in [-0.2, -0.15) is 5.10 Å². The van der Waals surface area contributed by atoms with Crippen LogP contribution in [0.3, 0.4) is 0 Å². The predicted molar refractivity (Wildman–Crippen MR) is 105 cm³/mol. The van der Waals surface area contributed by atoms with Crippen LogP contribution in [0.1, 0.15) is 0 Å². The number of urea groups is 1. The van der Waals surface area contributed by atoms with E-state index < -0.39 is 17.7 Å². The highest BCUT2D eigenvalue weighted by Gasteiger charge is 2.60. The molecule has 2 heterocycles. The monoisotopic (exact) mass is 395 g/mol. The number of halogens is 2. The van der Waals surface area contributed by atoms with Gasteiger partial charge in [0.15, 0.2) is 0 Å². The predicted octanol–water partition coefficient (Wildman–Crippen LogP) is 3.17. The molecule has 0 bridgehead atoms. The van der Waals surface area contributed by atoms with Crippen molar-refractivity contribution in [3.63, 3.8) is 0 Å². The van der Waals surface area contributed by atoms with Gasteiger partial charge in [0.1, 0.15) is 11.6 Å². The molecule has 2 N–H and O–H groups in total. The van der Waals surface area contributed by atoms with Gasteiger partial charge in [0.05, 0.1) is 17.1 Å². The highest BCUT2D eigenvalue weighted by Crippen LogP contribution is 2.51. The molecule has 1 aliphatic carbocycles. The zero-order valence-corrected chi connectivity index (χ0v) is 15.5. The fourth-order valence-corrected chi connectivity index (χ4v) is 4.51. The van der Waals surface area contributed by atoms with Crippen LogP contribution < -0.4 is 15.5 Å². The van der Waals surface area contributed by atoms with E-state index in [1.165, 1.54) is 12.1 Å². The Balaban J connectivity index is 1.40. The average Bonchev–Trinajstić information content (AvgIpc) is 3.11. The molecule has 1 aromatic heterocycles. The molecule has 148 valence electrons. The molecular formula is C21H19F2N5O. The van der Waals surface area contributed by atoms with Crippen LogP contribution in [0, 0.1) is 23.5 Å². The number of nitrogens with zero attached hydrogens (tertiary/aromatic N) is 4. The lowest BCUT2D eigenvalue weighted by atomic mass is 10.2. The first-order chi connectivity index (χ1) is 14.0. The number of nitrogens with two attached hydrogens (primary N) is 1. The van der Waals surface area contributed by atoms with Crippen LogP contribution in [-0.2, 0) is 0 Å². The lowest BCUT2D eigenvalue weighted by Crippen LogP contribution is -2.42. The lowest BCUT2D eigenvalue weighted by molar-refractivity contribution is 0.253. The van der Waals surface area contributed by atoms with Crippen molar-refractivity contribution in [3.05, 3.63) is 72.6 Å². The summed E-state index contributed by atoms with van der Waals surface area (Å²) in [7, 11) is 0. The molecule has 1 saturated carbocycles. The third kappa shape index (κ3) is 2.91. The summed E-state index contributed by atoms with van der Waals surface area (Å²) in [4.78, 5) is 15.9. The van der Waals surface area contributed by atoms with Gasteiger partial charge in [-0.1, -0.05) is 12.1 Å². The van der Waals surface area contributed by atoms with Crippen molar-refractivity contribution in [2.45, 2.75) is 6.04 Å². The quantitative estimate of drug-likeness (QED) is 0.738. The van der Waals surface area contributed by atoms with E-state index in [0.29, 0.717) is 24.5 Å². The van der Waals surface area contributed by atoms with Crippen LogP contribution in [-0.4, -0.2) is 34.9 Å². The van der Waals surface area contributed by atoms with Gasteiger partial charge in [0, 0.05) is 49.4 Å². The lowest BCUT2D eigenvalue weighted by Gasteiger charge is -2.28. The summed E-state index contributed by atoms with van der Waals surface area (Å²) in [5, 5.41) is 4.27. The van der Waals surface area contributed by atoms with Crippen molar-refractivity contribution in [2.24, 2.45) is 17.6 Å². The normalized spacial score (nSPS) is 22.4. The number of carbonyl (C=O) groups excluding carboxylic acids is 1. The summed E-state index contributed by atoms with van der Waals surface area (Å²) < 4.78 is 29.0. The van der Waals surface area contributed by atoms with E-state index in [9.17, 15) is 13.6 Å². The number of aromatic nitrogens is 2. The van der Waals surface area contributed by atoms with Gasteiger partial charge in [-0.3, -0.25) is 4.90 Å². The Kier molecular flexibility index (Phi) is 4.01. The molecule has 2 atom stereocenters. The smallest absolute Gasteiger partial charge is 0.319 e. The van der Waals surface area contributed by atoms with Crippen molar-refractivity contribution in [1.82, 2.24) is 9.78 Å². The number of piperidine rings is 1. The van der Waals surface area contributed by atoms with Crippen LogP contribution in [0.15, 0.2) is 60.9 Å². The molecule has 6 nitrogen and oxygen atoms in total. The van der Waals surface area contributed by atoms with E-state index in [0.717, 1.165) is 11.8 Å². The Labute approximate surface area is 166 Å². The summed E-state index contributed by atoms with van der Waals surface area (Å²) in [6.45, 7) is 1.18. The first-order valence-electron chi connectivity index (χ1n) is 9.42. The summed E-state index contributed by atoms with van der Waals surface area (Å²) >= 11 is 0. The fraction of sp³-hybridized carbons (Fsp3) is 0.238. The van der Waals surface area contributed by atoms with Crippen LogP contribution in [0.2, 0.25) is 0 Å². The maximum Gasteiger partial charge on any atom is 0.319 e. The highest BCUT2D eigenvalue weighted by atomic mass is 19.1. The van der Waals surface area contributed by atoms with Crippen molar-refractivity contribution < 1.29 is 13.6 Å². The summed E-state index contributed by atoms with van der Waals surface area (Å²) in [5.41, 5.74) is 7.62. The summed E-state index contributed by atoms with van der Waals surface area (Å²) in [6, 6.07) is 12.3. The summed E-state index contributed by atoms with van der Waals surface area (Å²) in [5.74, 6) is -0.808. The molecule has 3 aromatic rings. The van der Waals surface area contributed by atoms with E-state index in [-0.39, 0.29) is 17.9 Å². The molecular weight excluding hydrogens is 376 g/mol. The number of anilines is 2. The molecule has 5 rings (SSSR count). The number of amides is 2. The SMILES string of the molecule is NC(=O)N(c1ccccc1-n1cccn1)C1C2CN(c3ccc(F)cc3F)CC21. The molecule has 0 spiro atoms. The van der Waals surface area contributed by atoms with Crippen LogP contribution in [0.25, 0.3) is 5.69 Å². The van der Waals surface area contributed by atoms with Gasteiger partial charge in [-0.05, 0) is 30.3 Å². The zero-order chi connectivity index (χ0) is 20.1. The van der Waals surface area contributed by atoms with Crippen LogP contribution >= 0.6 is 0 Å². The Morgan fingerprint density at radius 1 is 1.07 bits per heavy atom. The maximum absolute atomic E-state index is 14.1. The highest BCUT2D eigenvalue weighted by molar-refractivity contribution is 5.94. The molecule has 2 amide bonds. The number of hydrogen-bond acceptors (Lipinski definition) is 3. The first kappa shape index (κ1) is 17.7. The van der Waals surface area contributed by atoms with E-state index in [2.05, 4.69) is 5.10 Å². The molecule has 2 fully saturated rings. The minimum atomic E-state index is -0.594. The van der Waals surface area contributed by atoms with Crippen LogP contribution in [0.5, 0.6) is 0 Å². The van der Waals surface area contributed by atoms with Crippen molar-refractivity contribution in [1.29, 1.82) is 0 Å². The number of carbonyl (C=O) groups is 1. The van der Waals surface area contributed by atoms with E-state index in [4.69, 9.17) is 5.73 Å². The number of primary amides is 1. The second kappa shape index (κ2) is 6.58. The zero-order valence-electron chi connectivity index (χ0n) is 15.5. The van der Waals surface area contributed by atoms with Gasteiger partial charge in [-0.25, -0.2) is 18.3 Å². The molecule has 2 unspecified atom stereocenters. The minimum absolute atomic E-state index is 0.0519. The third-order valence-electron chi connectivity index (χ3n) is 5.83. The maximum atomic E-state index is 14.1. The Hall–Kier alpha value is -3.42. The largest absolute Gasteiger partial charge is 0.368 e. The molecule has 1 saturated heterocycles. The molecule has 29 heavy (non-hydrogen) atoms. The first-order valence-corrected chi connectivity index (χ1v) is 9.42. The number of rotatable bonds is 4. The molecule has 1 aliphatic heterocycles. The number of benzene rings is 2. The van der Waals surface area contributed by atoms with Crippen molar-refractivity contribution in [3.8, 4) is 5.69 Å². The van der Waals surface area contributed by atoms with Gasteiger partial charge >= 0.3 is 6.03 Å². The second-order valence-electron chi connectivity index (χ2n) is 7.47. The van der Waals surface area contributed by atoms with Gasteiger partial charge < -0.3 is 10.6 Å².